The van der Waals surface area contributed by atoms with Crippen molar-refractivity contribution >= 4 is 21.4 Å². The minimum Gasteiger partial charge on any atom is -0.224 e. The molecule has 2 nitrogen and oxygen atoms in total. The van der Waals surface area contributed by atoms with Crippen molar-refractivity contribution in [3.8, 4) is 0 Å². The van der Waals surface area contributed by atoms with Gasteiger partial charge in [-0.1, -0.05) is 6.92 Å². The Morgan fingerprint density at radius 3 is 2.11 bits per heavy atom. The number of rotatable bonds is 4. The maximum Gasteiger partial charge on any atom is 0.416 e. The van der Waals surface area contributed by atoms with Crippen LogP contribution in [0.2, 0.25) is 0 Å². The molecule has 102 valence electrons. The van der Waals surface area contributed by atoms with Crippen molar-refractivity contribution < 1.29 is 21.6 Å². The quantitative estimate of drug-likeness (QED) is 0.799. The third-order valence-electron chi connectivity index (χ3n) is 2.31. The second-order valence-electron chi connectivity index (χ2n) is 4.06. The summed E-state index contributed by atoms with van der Waals surface area (Å²) in [4.78, 5) is -0.118. The fourth-order valence-corrected chi connectivity index (χ4v) is 3.22. The maximum atomic E-state index is 12.3. The summed E-state index contributed by atoms with van der Waals surface area (Å²) in [5.41, 5.74) is -0.869. The summed E-state index contributed by atoms with van der Waals surface area (Å²) >= 11 is 5.52. The lowest BCUT2D eigenvalue weighted by Gasteiger charge is -2.10. The first-order valence-corrected chi connectivity index (χ1v) is 7.31. The van der Waals surface area contributed by atoms with E-state index in [0.717, 1.165) is 24.3 Å². The molecule has 1 unspecified atom stereocenters. The van der Waals surface area contributed by atoms with Crippen molar-refractivity contribution in [2.24, 2.45) is 5.92 Å². The van der Waals surface area contributed by atoms with Crippen LogP contribution >= 0.6 is 11.6 Å². The van der Waals surface area contributed by atoms with E-state index >= 15 is 0 Å². The molecule has 0 amide bonds. The van der Waals surface area contributed by atoms with Crippen molar-refractivity contribution in [2.75, 3.05) is 11.6 Å². The first kappa shape index (κ1) is 15.3. The molecular weight excluding hydrogens is 289 g/mol. The van der Waals surface area contributed by atoms with Crippen LogP contribution in [0.15, 0.2) is 29.2 Å². The topological polar surface area (TPSA) is 34.1 Å². The van der Waals surface area contributed by atoms with E-state index in [1.807, 2.05) is 0 Å². The minimum absolute atomic E-state index is 0.118. The Bertz CT molecular complexity index is 494. The Kier molecular flexibility index (Phi) is 4.66. The normalized spacial score (nSPS) is 14.5. The van der Waals surface area contributed by atoms with Gasteiger partial charge in [0.15, 0.2) is 9.84 Å². The first-order chi connectivity index (χ1) is 8.16. The Hall–Kier alpha value is -0.750. The molecule has 0 heterocycles. The lowest BCUT2D eigenvalue weighted by Crippen LogP contribution is -2.15. The molecule has 0 aromatic heterocycles. The van der Waals surface area contributed by atoms with Crippen LogP contribution in [0.3, 0.4) is 0 Å². The van der Waals surface area contributed by atoms with Gasteiger partial charge < -0.3 is 0 Å². The van der Waals surface area contributed by atoms with E-state index in [9.17, 15) is 21.6 Å². The average molecular weight is 301 g/mol. The fourth-order valence-electron chi connectivity index (χ4n) is 1.37. The smallest absolute Gasteiger partial charge is 0.224 e. The molecule has 1 aromatic rings. The van der Waals surface area contributed by atoms with Gasteiger partial charge in [0.25, 0.3) is 0 Å². The summed E-state index contributed by atoms with van der Waals surface area (Å²) in [7, 11) is -3.59. The van der Waals surface area contributed by atoms with Crippen LogP contribution in [0.25, 0.3) is 0 Å². The van der Waals surface area contributed by atoms with Gasteiger partial charge in [-0.15, -0.1) is 11.6 Å². The predicted molar refractivity (Wildman–Crippen MR) is 63.4 cm³/mol. The summed E-state index contributed by atoms with van der Waals surface area (Å²) in [5, 5.41) is 0. The summed E-state index contributed by atoms with van der Waals surface area (Å²) in [5.74, 6) is -0.249. The van der Waals surface area contributed by atoms with Gasteiger partial charge in [0, 0.05) is 5.88 Å². The molecule has 0 aliphatic heterocycles. The Labute approximate surface area is 109 Å². The molecule has 0 saturated heterocycles. The van der Waals surface area contributed by atoms with E-state index in [-0.39, 0.29) is 22.4 Å². The second-order valence-corrected chi connectivity index (χ2v) is 6.41. The molecule has 0 fully saturated rings. The molecule has 1 rings (SSSR count). The summed E-state index contributed by atoms with van der Waals surface area (Å²) < 4.78 is 60.6. The third-order valence-corrected chi connectivity index (χ3v) is 4.83. The number of halogens is 4. The summed E-state index contributed by atoms with van der Waals surface area (Å²) in [6.45, 7) is 1.66. The second kappa shape index (κ2) is 5.48. The number of hydrogen-bond donors (Lipinski definition) is 0. The zero-order valence-corrected chi connectivity index (χ0v) is 11.1. The summed E-state index contributed by atoms with van der Waals surface area (Å²) in [6, 6.07) is 3.47. The van der Waals surface area contributed by atoms with E-state index < -0.39 is 21.6 Å². The molecule has 0 aliphatic rings. The van der Waals surface area contributed by atoms with Gasteiger partial charge >= 0.3 is 6.18 Å². The molecule has 0 spiro atoms. The van der Waals surface area contributed by atoms with Crippen molar-refractivity contribution in [2.45, 2.75) is 18.0 Å². The van der Waals surface area contributed by atoms with Crippen molar-refractivity contribution in [3.05, 3.63) is 29.8 Å². The van der Waals surface area contributed by atoms with E-state index in [2.05, 4.69) is 0 Å². The van der Waals surface area contributed by atoms with Crippen LogP contribution in [-0.2, 0) is 16.0 Å². The van der Waals surface area contributed by atoms with Gasteiger partial charge in [0.05, 0.1) is 16.2 Å². The predicted octanol–water partition coefficient (Wildman–Crippen LogP) is 3.35. The molecule has 18 heavy (non-hydrogen) atoms. The van der Waals surface area contributed by atoms with Crippen molar-refractivity contribution in [1.29, 1.82) is 0 Å². The molecule has 0 saturated carbocycles. The zero-order valence-electron chi connectivity index (χ0n) is 9.54. The van der Waals surface area contributed by atoms with Gasteiger partial charge in [0.1, 0.15) is 0 Å². The highest BCUT2D eigenvalue weighted by Crippen LogP contribution is 2.30. The molecule has 0 bridgehead atoms. The molecule has 1 aromatic carbocycles. The van der Waals surface area contributed by atoms with Crippen molar-refractivity contribution in [3.63, 3.8) is 0 Å². The lowest BCUT2D eigenvalue weighted by molar-refractivity contribution is -0.137. The summed E-state index contributed by atoms with van der Waals surface area (Å²) in [6.07, 6.45) is -4.47. The maximum absolute atomic E-state index is 12.3. The van der Waals surface area contributed by atoms with Gasteiger partial charge in [-0.05, 0) is 30.2 Å². The molecular formula is C11H12ClF3O2S. The number of hydrogen-bond acceptors (Lipinski definition) is 2. The van der Waals surface area contributed by atoms with Gasteiger partial charge in [-0.2, -0.15) is 13.2 Å². The van der Waals surface area contributed by atoms with Crippen LogP contribution < -0.4 is 0 Å². The van der Waals surface area contributed by atoms with E-state index in [0.29, 0.717) is 0 Å². The fraction of sp³-hybridized carbons (Fsp3) is 0.455. The van der Waals surface area contributed by atoms with Crippen LogP contribution in [0.5, 0.6) is 0 Å². The first-order valence-electron chi connectivity index (χ1n) is 5.13. The zero-order chi connectivity index (χ0) is 14.0. The standard InChI is InChI=1S/C11H12ClF3O2S/c1-8(6-12)7-18(16,17)10-4-2-9(3-5-10)11(13,14)15/h2-5,8H,6-7H2,1H3. The molecule has 0 aliphatic carbocycles. The monoisotopic (exact) mass is 300 g/mol. The van der Waals surface area contributed by atoms with Crippen LogP contribution in [0, 0.1) is 5.92 Å². The lowest BCUT2D eigenvalue weighted by atomic mass is 10.2. The van der Waals surface area contributed by atoms with Gasteiger partial charge in [-0.25, -0.2) is 8.42 Å². The molecule has 0 N–H and O–H groups in total. The van der Waals surface area contributed by atoms with E-state index in [1.54, 1.807) is 6.92 Å². The van der Waals surface area contributed by atoms with Crippen LogP contribution in [0.4, 0.5) is 13.2 Å². The van der Waals surface area contributed by atoms with Crippen LogP contribution in [-0.4, -0.2) is 20.1 Å². The highest BCUT2D eigenvalue weighted by molar-refractivity contribution is 7.91. The SMILES string of the molecule is CC(CCl)CS(=O)(=O)c1ccc(C(F)(F)F)cc1. The Morgan fingerprint density at radius 1 is 1.22 bits per heavy atom. The average Bonchev–Trinajstić information content (AvgIpc) is 2.27. The highest BCUT2D eigenvalue weighted by atomic mass is 35.5. The minimum atomic E-state index is -4.47. The number of benzene rings is 1. The van der Waals surface area contributed by atoms with Crippen LogP contribution in [0.1, 0.15) is 12.5 Å². The number of alkyl halides is 4. The molecule has 1 atom stereocenters. The Morgan fingerprint density at radius 2 is 1.72 bits per heavy atom. The van der Waals surface area contributed by atoms with E-state index in [1.165, 1.54) is 0 Å². The highest BCUT2D eigenvalue weighted by Gasteiger charge is 2.30. The Balaban J connectivity index is 2.98. The van der Waals surface area contributed by atoms with Crippen molar-refractivity contribution in [1.82, 2.24) is 0 Å². The molecule has 0 radical (unpaired) electrons. The van der Waals surface area contributed by atoms with E-state index in [4.69, 9.17) is 11.6 Å². The molecule has 7 heteroatoms. The largest absolute Gasteiger partial charge is 0.416 e. The third kappa shape index (κ3) is 3.88. The number of sulfone groups is 1. The van der Waals surface area contributed by atoms with Gasteiger partial charge in [0.2, 0.25) is 0 Å². The van der Waals surface area contributed by atoms with Gasteiger partial charge in [-0.3, -0.25) is 0 Å².